The van der Waals surface area contributed by atoms with Gasteiger partial charge in [0.15, 0.2) is 11.4 Å². The molecule has 0 fully saturated rings. The van der Waals surface area contributed by atoms with Gasteiger partial charge in [-0.05, 0) is 24.6 Å². The van der Waals surface area contributed by atoms with Gasteiger partial charge in [-0.3, -0.25) is 4.68 Å². The van der Waals surface area contributed by atoms with Gasteiger partial charge in [0.05, 0.1) is 11.4 Å². The van der Waals surface area contributed by atoms with Gasteiger partial charge in [0.1, 0.15) is 6.61 Å². The Morgan fingerprint density at radius 3 is 2.95 bits per heavy atom. The molecule has 0 aliphatic rings. The molecule has 6 nitrogen and oxygen atoms in total. The minimum atomic E-state index is -1.10. The first-order chi connectivity index (χ1) is 9.11. The summed E-state index contributed by atoms with van der Waals surface area (Å²) in [5.41, 5.74) is 1.78. The van der Waals surface area contributed by atoms with Crippen molar-refractivity contribution in [2.45, 2.75) is 20.0 Å². The highest BCUT2D eigenvalue weighted by Gasteiger charge is 2.13. The molecule has 19 heavy (non-hydrogen) atoms. The van der Waals surface area contributed by atoms with E-state index in [2.05, 4.69) is 10.1 Å². The fourth-order valence-electron chi connectivity index (χ4n) is 1.70. The normalized spacial score (nSPS) is 10.4. The van der Waals surface area contributed by atoms with Gasteiger partial charge >= 0.3 is 5.97 Å². The number of aromatic nitrogens is 3. The van der Waals surface area contributed by atoms with E-state index >= 15 is 0 Å². The third kappa shape index (κ3) is 2.90. The van der Waals surface area contributed by atoms with Crippen molar-refractivity contribution in [3.8, 4) is 5.75 Å². The van der Waals surface area contributed by atoms with Crippen LogP contribution >= 0.6 is 0 Å². The maximum atomic E-state index is 11.0. The van der Waals surface area contributed by atoms with Crippen LogP contribution in [0.3, 0.4) is 0 Å². The van der Waals surface area contributed by atoms with Crippen LogP contribution in [-0.2, 0) is 20.1 Å². The van der Waals surface area contributed by atoms with Crippen molar-refractivity contribution < 1.29 is 14.6 Å². The average molecular weight is 261 g/mol. The van der Waals surface area contributed by atoms with Gasteiger partial charge in [-0.15, -0.1) is 0 Å². The van der Waals surface area contributed by atoms with Crippen molar-refractivity contribution in [1.29, 1.82) is 0 Å². The van der Waals surface area contributed by atoms with E-state index in [1.807, 2.05) is 20.0 Å². The predicted octanol–water partition coefficient (Wildman–Crippen LogP) is 1.65. The number of nitrogens with zero attached hydrogens (tertiary/aromatic N) is 3. The first-order valence-electron chi connectivity index (χ1n) is 5.94. The zero-order chi connectivity index (χ0) is 13.8. The topological polar surface area (TPSA) is 77.2 Å². The minimum absolute atomic E-state index is 0.0830. The monoisotopic (exact) mass is 261 g/mol. The van der Waals surface area contributed by atoms with E-state index in [1.165, 1.54) is 6.20 Å². The van der Waals surface area contributed by atoms with E-state index in [9.17, 15) is 4.79 Å². The van der Waals surface area contributed by atoms with E-state index in [0.29, 0.717) is 0 Å². The Hall–Kier alpha value is -2.37. The number of rotatable bonds is 5. The number of aromatic carboxylic acids is 1. The van der Waals surface area contributed by atoms with E-state index < -0.39 is 5.97 Å². The molecule has 0 aliphatic carbocycles. The molecule has 0 radical (unpaired) electrons. The van der Waals surface area contributed by atoms with E-state index in [0.717, 1.165) is 17.8 Å². The van der Waals surface area contributed by atoms with Gasteiger partial charge in [-0.25, -0.2) is 9.78 Å². The lowest BCUT2D eigenvalue weighted by molar-refractivity contribution is 0.0684. The summed E-state index contributed by atoms with van der Waals surface area (Å²) in [7, 11) is 1.83. The Bertz CT molecular complexity index is 593. The van der Waals surface area contributed by atoms with Crippen LogP contribution in [-0.4, -0.2) is 25.8 Å². The fourth-order valence-corrected chi connectivity index (χ4v) is 1.70. The summed E-state index contributed by atoms with van der Waals surface area (Å²) < 4.78 is 7.25. The summed E-state index contributed by atoms with van der Waals surface area (Å²) in [5, 5.41) is 13.3. The second kappa shape index (κ2) is 5.51. The first-order valence-corrected chi connectivity index (χ1v) is 5.94. The van der Waals surface area contributed by atoms with Gasteiger partial charge in [-0.2, -0.15) is 5.10 Å². The van der Waals surface area contributed by atoms with Gasteiger partial charge in [0, 0.05) is 13.2 Å². The smallest absolute Gasteiger partial charge is 0.358 e. The van der Waals surface area contributed by atoms with E-state index in [4.69, 9.17) is 9.84 Å². The van der Waals surface area contributed by atoms with Crippen molar-refractivity contribution in [3.05, 3.63) is 41.5 Å². The molecule has 0 aliphatic heterocycles. The summed E-state index contributed by atoms with van der Waals surface area (Å²) >= 11 is 0. The summed E-state index contributed by atoms with van der Waals surface area (Å²) in [6, 6.07) is 5.17. The molecule has 0 saturated carbocycles. The van der Waals surface area contributed by atoms with Crippen molar-refractivity contribution in [1.82, 2.24) is 14.8 Å². The van der Waals surface area contributed by atoms with Crippen LogP contribution in [0.5, 0.6) is 5.75 Å². The number of carboxylic acids is 1. The SMILES string of the molecule is CCc1cc(COc2cccnc2C(=O)O)n(C)n1. The quantitative estimate of drug-likeness (QED) is 0.885. The maximum Gasteiger partial charge on any atom is 0.358 e. The Kier molecular flexibility index (Phi) is 3.79. The predicted molar refractivity (Wildman–Crippen MR) is 68.1 cm³/mol. The van der Waals surface area contributed by atoms with Crippen LogP contribution in [0.25, 0.3) is 0 Å². The molecule has 0 bridgehead atoms. The summed E-state index contributed by atoms with van der Waals surface area (Å²) in [4.78, 5) is 14.8. The van der Waals surface area contributed by atoms with Crippen LogP contribution in [0.2, 0.25) is 0 Å². The molecule has 100 valence electrons. The molecule has 2 aromatic heterocycles. The summed E-state index contributed by atoms with van der Waals surface area (Å²) in [6.07, 6.45) is 2.27. The molecule has 2 heterocycles. The Morgan fingerprint density at radius 2 is 2.32 bits per heavy atom. The molecular formula is C13H15N3O3. The van der Waals surface area contributed by atoms with Crippen LogP contribution in [0.4, 0.5) is 0 Å². The number of carboxylic acid groups (broad SMARTS) is 1. The number of carbonyl (C=O) groups is 1. The summed E-state index contributed by atoms with van der Waals surface area (Å²) in [6.45, 7) is 2.28. The molecular weight excluding hydrogens is 246 g/mol. The molecule has 0 amide bonds. The van der Waals surface area contributed by atoms with Crippen molar-refractivity contribution >= 4 is 5.97 Å². The van der Waals surface area contributed by atoms with Crippen molar-refractivity contribution in [2.75, 3.05) is 0 Å². The van der Waals surface area contributed by atoms with E-state index in [1.54, 1.807) is 16.8 Å². The van der Waals surface area contributed by atoms with Crippen LogP contribution < -0.4 is 4.74 Å². The second-order valence-electron chi connectivity index (χ2n) is 4.05. The van der Waals surface area contributed by atoms with Crippen LogP contribution in [0, 0.1) is 0 Å². The summed E-state index contributed by atoms with van der Waals surface area (Å²) in [5.74, 6) is -0.843. The molecule has 0 unspecified atom stereocenters. The zero-order valence-corrected chi connectivity index (χ0v) is 10.8. The molecule has 2 rings (SSSR count). The van der Waals surface area contributed by atoms with Crippen LogP contribution in [0.1, 0.15) is 28.8 Å². The highest BCUT2D eigenvalue weighted by atomic mass is 16.5. The maximum absolute atomic E-state index is 11.0. The highest BCUT2D eigenvalue weighted by Crippen LogP contribution is 2.17. The standard InChI is InChI=1S/C13H15N3O3/c1-3-9-7-10(16(2)15-9)8-19-11-5-4-6-14-12(11)13(17)18/h4-7H,3,8H2,1-2H3,(H,17,18). The largest absolute Gasteiger partial charge is 0.485 e. The third-order valence-electron chi connectivity index (χ3n) is 2.74. The number of hydrogen-bond acceptors (Lipinski definition) is 4. The van der Waals surface area contributed by atoms with E-state index in [-0.39, 0.29) is 18.1 Å². The number of aryl methyl sites for hydroxylation is 2. The lowest BCUT2D eigenvalue weighted by atomic mass is 10.3. The van der Waals surface area contributed by atoms with Gasteiger partial charge in [-0.1, -0.05) is 6.92 Å². The Balaban J connectivity index is 2.14. The van der Waals surface area contributed by atoms with Gasteiger partial charge in [0.2, 0.25) is 0 Å². The Labute approximate surface area is 110 Å². The van der Waals surface area contributed by atoms with Crippen molar-refractivity contribution in [3.63, 3.8) is 0 Å². The number of hydrogen-bond donors (Lipinski definition) is 1. The Morgan fingerprint density at radius 1 is 1.53 bits per heavy atom. The molecule has 6 heteroatoms. The molecule has 2 aromatic rings. The minimum Gasteiger partial charge on any atom is -0.485 e. The second-order valence-corrected chi connectivity index (χ2v) is 4.05. The van der Waals surface area contributed by atoms with Gasteiger partial charge in [0.25, 0.3) is 0 Å². The van der Waals surface area contributed by atoms with Crippen molar-refractivity contribution in [2.24, 2.45) is 7.05 Å². The molecule has 1 N–H and O–H groups in total. The lowest BCUT2D eigenvalue weighted by Gasteiger charge is -2.07. The van der Waals surface area contributed by atoms with Gasteiger partial charge < -0.3 is 9.84 Å². The fraction of sp³-hybridized carbons (Fsp3) is 0.308. The molecule has 0 spiro atoms. The molecule has 0 atom stereocenters. The first kappa shape index (κ1) is 13.1. The average Bonchev–Trinajstić information content (AvgIpc) is 2.77. The lowest BCUT2D eigenvalue weighted by Crippen LogP contribution is -2.07. The zero-order valence-electron chi connectivity index (χ0n) is 10.8. The third-order valence-corrected chi connectivity index (χ3v) is 2.74. The highest BCUT2D eigenvalue weighted by molar-refractivity contribution is 5.88. The molecule has 0 aromatic carbocycles. The number of pyridine rings is 1. The molecule has 0 saturated heterocycles. The van der Waals surface area contributed by atoms with Crippen LogP contribution in [0.15, 0.2) is 24.4 Å². The number of ether oxygens (including phenoxy) is 1.